The Morgan fingerprint density at radius 3 is 2.55 bits per heavy atom. The molecule has 0 fully saturated rings. The summed E-state index contributed by atoms with van der Waals surface area (Å²) >= 11 is 0. The number of hydrogen-bond acceptors (Lipinski definition) is 5. The Balaban J connectivity index is 1.61. The molecule has 9 nitrogen and oxygen atoms in total. The van der Waals surface area contributed by atoms with Gasteiger partial charge in [-0.2, -0.15) is 0 Å². The highest BCUT2D eigenvalue weighted by molar-refractivity contribution is 7.89. The van der Waals surface area contributed by atoms with E-state index in [2.05, 4.69) is 25.7 Å². The molecule has 3 rings (SSSR count). The Morgan fingerprint density at radius 2 is 1.86 bits per heavy atom. The van der Waals surface area contributed by atoms with Crippen LogP contribution >= 0.6 is 0 Å². The third-order valence-corrected chi connectivity index (χ3v) is 5.76. The van der Waals surface area contributed by atoms with Crippen LogP contribution in [0.3, 0.4) is 0 Å². The number of amides is 2. The van der Waals surface area contributed by atoms with Gasteiger partial charge < -0.3 is 10.6 Å². The van der Waals surface area contributed by atoms with Gasteiger partial charge in [-0.25, -0.2) is 22.6 Å². The molecule has 10 heteroatoms. The zero-order valence-corrected chi connectivity index (χ0v) is 17.3. The molecule has 1 aromatic heterocycles. The highest BCUT2D eigenvalue weighted by Crippen LogP contribution is 2.17. The molecule has 0 saturated heterocycles. The van der Waals surface area contributed by atoms with Gasteiger partial charge in [0.15, 0.2) is 0 Å². The molecular formula is C19H24N6O3S. The van der Waals surface area contributed by atoms with Gasteiger partial charge in [0.1, 0.15) is 5.52 Å². The summed E-state index contributed by atoms with van der Waals surface area (Å²) in [5.41, 5.74) is 2.99. The summed E-state index contributed by atoms with van der Waals surface area (Å²) < 4.78 is 28.7. The quantitative estimate of drug-likeness (QED) is 0.546. The predicted octanol–water partition coefficient (Wildman–Crippen LogP) is 2.25. The number of fused-ring (bicyclic) bond motifs is 1. The highest BCUT2D eigenvalue weighted by Gasteiger charge is 2.17. The summed E-state index contributed by atoms with van der Waals surface area (Å²) in [6, 6.07) is 11.7. The van der Waals surface area contributed by atoms with E-state index in [4.69, 9.17) is 0 Å². The molecule has 0 radical (unpaired) electrons. The number of carbonyl (C=O) groups is 1. The van der Waals surface area contributed by atoms with E-state index in [0.717, 1.165) is 5.56 Å². The summed E-state index contributed by atoms with van der Waals surface area (Å²) in [7, 11) is -3.59. The molecule has 0 aliphatic heterocycles. The SMILES string of the molecule is Cc1ccc(NC(=O)NCCn2nnc3cc(S(=O)(=O)NC(C)C)ccc32)cc1. The molecule has 0 spiro atoms. The van der Waals surface area contributed by atoms with Crippen LogP contribution in [0.2, 0.25) is 0 Å². The lowest BCUT2D eigenvalue weighted by molar-refractivity contribution is 0.251. The first kappa shape index (κ1) is 20.7. The number of aryl methyl sites for hydroxylation is 1. The lowest BCUT2D eigenvalue weighted by Crippen LogP contribution is -2.31. The fourth-order valence-corrected chi connectivity index (χ4v) is 4.02. The maximum atomic E-state index is 12.3. The molecular weight excluding hydrogens is 392 g/mol. The Bertz CT molecular complexity index is 1110. The standard InChI is InChI=1S/C19H24N6O3S/c1-13(2)23-29(27,28)16-8-9-18-17(12-16)22-24-25(18)11-10-20-19(26)21-15-6-4-14(3)5-7-15/h4-9,12-13,23H,10-11H2,1-3H3,(H2,20,21,26). The summed E-state index contributed by atoms with van der Waals surface area (Å²) in [6.07, 6.45) is 0. The van der Waals surface area contributed by atoms with Gasteiger partial charge in [-0.3, -0.25) is 0 Å². The molecule has 0 bridgehead atoms. The van der Waals surface area contributed by atoms with Crippen molar-refractivity contribution in [3.8, 4) is 0 Å². The van der Waals surface area contributed by atoms with Gasteiger partial charge in [0, 0.05) is 18.3 Å². The summed E-state index contributed by atoms with van der Waals surface area (Å²) in [5.74, 6) is 0. The van der Waals surface area contributed by atoms with Gasteiger partial charge in [0.25, 0.3) is 0 Å². The molecule has 1 heterocycles. The predicted molar refractivity (Wildman–Crippen MR) is 111 cm³/mol. The van der Waals surface area contributed by atoms with Crippen LogP contribution in [-0.4, -0.2) is 42.0 Å². The zero-order valence-electron chi connectivity index (χ0n) is 16.5. The molecule has 0 atom stereocenters. The number of anilines is 1. The Hall–Kier alpha value is -2.98. The average Bonchev–Trinajstić information content (AvgIpc) is 3.05. The molecule has 29 heavy (non-hydrogen) atoms. The summed E-state index contributed by atoms with van der Waals surface area (Å²) in [5, 5.41) is 13.6. The first-order valence-electron chi connectivity index (χ1n) is 9.22. The zero-order chi connectivity index (χ0) is 21.0. The minimum absolute atomic E-state index is 0.140. The number of rotatable bonds is 7. The van der Waals surface area contributed by atoms with E-state index in [1.165, 1.54) is 12.1 Å². The second-order valence-corrected chi connectivity index (χ2v) is 8.70. The van der Waals surface area contributed by atoms with E-state index in [-0.39, 0.29) is 17.0 Å². The van der Waals surface area contributed by atoms with E-state index >= 15 is 0 Å². The normalized spacial score (nSPS) is 11.7. The van der Waals surface area contributed by atoms with Crippen molar-refractivity contribution in [1.29, 1.82) is 0 Å². The van der Waals surface area contributed by atoms with Crippen molar-refractivity contribution in [3.05, 3.63) is 48.0 Å². The van der Waals surface area contributed by atoms with Gasteiger partial charge in [0.05, 0.1) is 17.0 Å². The Morgan fingerprint density at radius 1 is 1.14 bits per heavy atom. The van der Waals surface area contributed by atoms with Crippen molar-refractivity contribution in [2.24, 2.45) is 0 Å². The van der Waals surface area contributed by atoms with Crippen molar-refractivity contribution in [2.45, 2.75) is 38.3 Å². The van der Waals surface area contributed by atoms with Crippen molar-refractivity contribution in [2.75, 3.05) is 11.9 Å². The summed E-state index contributed by atoms with van der Waals surface area (Å²) in [4.78, 5) is 12.1. The van der Waals surface area contributed by atoms with Gasteiger partial charge in [-0.1, -0.05) is 22.9 Å². The monoisotopic (exact) mass is 416 g/mol. The first-order valence-corrected chi connectivity index (χ1v) is 10.7. The number of sulfonamides is 1. The van der Waals surface area contributed by atoms with Crippen molar-refractivity contribution >= 4 is 32.8 Å². The molecule has 3 aromatic rings. The maximum absolute atomic E-state index is 12.3. The van der Waals surface area contributed by atoms with Crippen LogP contribution in [0.25, 0.3) is 11.0 Å². The van der Waals surface area contributed by atoms with Crippen LogP contribution in [0.1, 0.15) is 19.4 Å². The number of hydrogen-bond donors (Lipinski definition) is 3. The molecule has 154 valence electrons. The van der Waals surface area contributed by atoms with Crippen LogP contribution < -0.4 is 15.4 Å². The number of aromatic nitrogens is 3. The lowest BCUT2D eigenvalue weighted by Gasteiger charge is -2.10. The largest absolute Gasteiger partial charge is 0.336 e. The third-order valence-electron chi connectivity index (χ3n) is 4.11. The Labute approximate surface area is 169 Å². The molecule has 0 aliphatic carbocycles. The van der Waals surface area contributed by atoms with Crippen LogP contribution in [0, 0.1) is 6.92 Å². The number of urea groups is 1. The minimum Gasteiger partial charge on any atom is -0.336 e. The fraction of sp³-hybridized carbons (Fsp3) is 0.316. The minimum atomic E-state index is -3.59. The molecule has 0 aliphatic rings. The van der Waals surface area contributed by atoms with Crippen LogP contribution in [0.15, 0.2) is 47.4 Å². The molecule has 2 amide bonds. The van der Waals surface area contributed by atoms with Gasteiger partial charge in [-0.05, 0) is 51.1 Å². The highest BCUT2D eigenvalue weighted by atomic mass is 32.2. The smallest absolute Gasteiger partial charge is 0.319 e. The molecule has 0 saturated carbocycles. The van der Waals surface area contributed by atoms with E-state index < -0.39 is 10.0 Å². The first-order chi connectivity index (χ1) is 13.7. The molecule has 2 aromatic carbocycles. The number of nitrogens with one attached hydrogen (secondary N) is 3. The van der Waals surface area contributed by atoms with E-state index in [1.807, 2.05) is 31.2 Å². The summed E-state index contributed by atoms with van der Waals surface area (Å²) in [6.45, 7) is 6.23. The van der Waals surface area contributed by atoms with E-state index in [9.17, 15) is 13.2 Å². The topological polar surface area (TPSA) is 118 Å². The second kappa shape index (κ2) is 8.58. The van der Waals surface area contributed by atoms with E-state index in [0.29, 0.717) is 29.8 Å². The van der Waals surface area contributed by atoms with Crippen molar-refractivity contribution in [3.63, 3.8) is 0 Å². The van der Waals surface area contributed by atoms with Crippen molar-refractivity contribution in [1.82, 2.24) is 25.0 Å². The lowest BCUT2D eigenvalue weighted by atomic mass is 10.2. The number of benzene rings is 2. The maximum Gasteiger partial charge on any atom is 0.319 e. The Kier molecular flexibility index (Phi) is 6.14. The van der Waals surface area contributed by atoms with Crippen LogP contribution in [0.5, 0.6) is 0 Å². The second-order valence-electron chi connectivity index (χ2n) is 6.99. The van der Waals surface area contributed by atoms with Crippen LogP contribution in [-0.2, 0) is 16.6 Å². The van der Waals surface area contributed by atoms with Crippen molar-refractivity contribution < 1.29 is 13.2 Å². The van der Waals surface area contributed by atoms with Gasteiger partial charge in [-0.15, -0.1) is 5.10 Å². The van der Waals surface area contributed by atoms with Gasteiger partial charge in [0.2, 0.25) is 10.0 Å². The number of nitrogens with zero attached hydrogens (tertiary/aromatic N) is 3. The fourth-order valence-electron chi connectivity index (χ4n) is 2.75. The third kappa shape index (κ3) is 5.30. The molecule has 0 unspecified atom stereocenters. The number of carbonyl (C=O) groups excluding carboxylic acids is 1. The van der Waals surface area contributed by atoms with E-state index in [1.54, 1.807) is 24.6 Å². The molecule has 3 N–H and O–H groups in total. The average molecular weight is 417 g/mol. The van der Waals surface area contributed by atoms with Crippen LogP contribution in [0.4, 0.5) is 10.5 Å². The van der Waals surface area contributed by atoms with Gasteiger partial charge >= 0.3 is 6.03 Å².